The van der Waals surface area contributed by atoms with Crippen LogP contribution in [0.5, 0.6) is 0 Å². The molecule has 0 aliphatic carbocycles. The van der Waals surface area contributed by atoms with Gasteiger partial charge in [0.15, 0.2) is 0 Å². The van der Waals surface area contributed by atoms with Crippen LogP contribution in [-0.4, -0.2) is 59.3 Å². The average molecular weight is 375 g/mol. The van der Waals surface area contributed by atoms with E-state index in [1.165, 1.54) is 24.6 Å². The summed E-state index contributed by atoms with van der Waals surface area (Å²) < 4.78 is 4.19. The van der Waals surface area contributed by atoms with Crippen molar-refractivity contribution in [2.24, 2.45) is 0 Å². The number of aromatic nitrogens is 1. The zero-order valence-electron chi connectivity index (χ0n) is 14.4. The third-order valence-corrected chi connectivity index (χ3v) is 5.12. The second-order valence-electron chi connectivity index (χ2n) is 5.59. The van der Waals surface area contributed by atoms with Gasteiger partial charge in [-0.3, -0.25) is 5.32 Å². The smallest absolute Gasteiger partial charge is 0.341 e. The molecule has 0 saturated carbocycles. The number of thioether (sulfide) groups is 1. The van der Waals surface area contributed by atoms with Gasteiger partial charge in [0.25, 0.3) is 0 Å². The Morgan fingerprint density at radius 3 is 2.67 bits per heavy atom. The number of urea groups is 1. The number of hydrogen-bond acceptors (Lipinski definition) is 6. The van der Waals surface area contributed by atoms with E-state index in [9.17, 15) is 14.7 Å². The zero-order chi connectivity index (χ0) is 17.9. The Bertz CT molecular complexity index is 535. The Morgan fingerprint density at radius 1 is 1.29 bits per heavy atom. The number of unbranched alkanes of at least 4 members (excludes halogenated alkanes) is 3. The minimum atomic E-state index is -1.07. The lowest BCUT2D eigenvalue weighted by molar-refractivity contribution is 0.0694. The molecule has 0 atom stereocenters. The number of carboxylic acid groups (broad SMARTS) is 1. The molecule has 0 spiro atoms. The number of rotatable bonds is 11. The third kappa shape index (κ3) is 7.50. The van der Waals surface area contributed by atoms with Gasteiger partial charge in [-0.1, -0.05) is 26.2 Å². The molecule has 9 heteroatoms. The van der Waals surface area contributed by atoms with Crippen molar-refractivity contribution in [2.45, 2.75) is 37.6 Å². The van der Waals surface area contributed by atoms with Crippen molar-refractivity contribution >= 4 is 40.3 Å². The SMILES string of the molecule is CCCCCCSc1nsc(NC(=O)NCCN(C)C)c1C(=O)O. The van der Waals surface area contributed by atoms with Crippen LogP contribution in [-0.2, 0) is 0 Å². The Hall–Kier alpha value is -1.32. The van der Waals surface area contributed by atoms with E-state index in [-0.39, 0.29) is 10.6 Å². The molecule has 136 valence electrons. The van der Waals surface area contributed by atoms with Crippen LogP contribution in [0.3, 0.4) is 0 Å². The summed E-state index contributed by atoms with van der Waals surface area (Å²) in [6.45, 7) is 3.34. The molecule has 0 radical (unpaired) electrons. The molecule has 0 aromatic carbocycles. The van der Waals surface area contributed by atoms with E-state index in [0.717, 1.165) is 30.1 Å². The monoisotopic (exact) mass is 374 g/mol. The molecule has 1 heterocycles. The van der Waals surface area contributed by atoms with Crippen LogP contribution >= 0.6 is 23.3 Å². The number of aromatic carboxylic acids is 1. The maximum Gasteiger partial charge on any atom is 0.341 e. The van der Waals surface area contributed by atoms with Gasteiger partial charge in [0.05, 0.1) is 0 Å². The van der Waals surface area contributed by atoms with E-state index in [2.05, 4.69) is 21.9 Å². The topological polar surface area (TPSA) is 94.6 Å². The lowest BCUT2D eigenvalue weighted by Crippen LogP contribution is -2.34. The standard InChI is InChI=1S/C15H26N4O3S2/c1-4-5-6-7-10-23-13-11(14(20)21)12(24-18-13)17-15(22)16-8-9-19(2)3/h4-10H2,1-3H3,(H,20,21)(H2,16,17,22). The molecular weight excluding hydrogens is 348 g/mol. The molecule has 1 aromatic rings. The predicted octanol–water partition coefficient (Wildman–Crippen LogP) is 3.20. The number of nitrogens with zero attached hydrogens (tertiary/aromatic N) is 2. The molecule has 0 unspecified atom stereocenters. The second-order valence-corrected chi connectivity index (χ2v) is 7.45. The van der Waals surface area contributed by atoms with E-state index < -0.39 is 12.0 Å². The Balaban J connectivity index is 2.58. The van der Waals surface area contributed by atoms with E-state index in [1.54, 1.807) is 0 Å². The summed E-state index contributed by atoms with van der Waals surface area (Å²) >= 11 is 2.44. The molecule has 1 aromatic heterocycles. The van der Waals surface area contributed by atoms with Crippen molar-refractivity contribution in [1.29, 1.82) is 0 Å². The van der Waals surface area contributed by atoms with Crippen LogP contribution < -0.4 is 10.6 Å². The quantitative estimate of drug-likeness (QED) is 0.407. The highest BCUT2D eigenvalue weighted by Crippen LogP contribution is 2.32. The Kier molecular flexibility index (Phi) is 9.73. The van der Waals surface area contributed by atoms with Crippen LogP contribution in [0.4, 0.5) is 9.80 Å². The maximum absolute atomic E-state index is 11.8. The van der Waals surface area contributed by atoms with Gasteiger partial charge < -0.3 is 15.3 Å². The number of likely N-dealkylation sites (N-methyl/N-ethyl adjacent to an activating group) is 1. The lowest BCUT2D eigenvalue weighted by Gasteiger charge is -2.10. The van der Waals surface area contributed by atoms with Crippen molar-refractivity contribution in [3.05, 3.63) is 5.56 Å². The molecule has 0 fully saturated rings. The number of amides is 2. The van der Waals surface area contributed by atoms with E-state index in [4.69, 9.17) is 0 Å². The fourth-order valence-corrected chi connectivity index (χ4v) is 3.83. The summed E-state index contributed by atoms with van der Waals surface area (Å²) in [7, 11) is 3.82. The largest absolute Gasteiger partial charge is 0.477 e. The van der Waals surface area contributed by atoms with Crippen molar-refractivity contribution in [3.8, 4) is 0 Å². The highest BCUT2D eigenvalue weighted by molar-refractivity contribution is 7.99. The first-order valence-corrected chi connectivity index (χ1v) is 9.77. The van der Waals surface area contributed by atoms with Gasteiger partial charge in [-0.05, 0) is 37.8 Å². The van der Waals surface area contributed by atoms with Crippen molar-refractivity contribution < 1.29 is 14.7 Å². The van der Waals surface area contributed by atoms with Gasteiger partial charge in [-0.25, -0.2) is 9.59 Å². The Morgan fingerprint density at radius 2 is 2.04 bits per heavy atom. The summed E-state index contributed by atoms with van der Waals surface area (Å²) in [5.41, 5.74) is 0.0863. The Labute approximate surface area is 151 Å². The number of anilines is 1. The molecular formula is C15H26N4O3S2. The first-order valence-electron chi connectivity index (χ1n) is 8.01. The molecule has 0 aliphatic rings. The molecule has 7 nitrogen and oxygen atoms in total. The number of carbonyl (C=O) groups is 2. The molecule has 1 rings (SSSR count). The summed E-state index contributed by atoms with van der Waals surface area (Å²) in [6, 6.07) is -0.414. The number of nitrogens with one attached hydrogen (secondary N) is 2. The predicted molar refractivity (Wildman–Crippen MR) is 99.5 cm³/mol. The molecule has 3 N–H and O–H groups in total. The molecule has 2 amide bonds. The van der Waals surface area contributed by atoms with Crippen LogP contribution in [0.25, 0.3) is 0 Å². The second kappa shape index (κ2) is 11.3. The maximum atomic E-state index is 11.8. The van der Waals surface area contributed by atoms with Gasteiger partial charge in [0.2, 0.25) is 0 Å². The summed E-state index contributed by atoms with van der Waals surface area (Å²) in [4.78, 5) is 25.3. The normalized spacial score (nSPS) is 10.8. The van der Waals surface area contributed by atoms with Gasteiger partial charge >= 0.3 is 12.0 Å². The molecule has 0 bridgehead atoms. The minimum Gasteiger partial charge on any atom is -0.477 e. The molecule has 0 aliphatic heterocycles. The van der Waals surface area contributed by atoms with Crippen molar-refractivity contribution in [1.82, 2.24) is 14.6 Å². The van der Waals surface area contributed by atoms with Crippen molar-refractivity contribution in [3.63, 3.8) is 0 Å². The zero-order valence-corrected chi connectivity index (χ0v) is 16.1. The van der Waals surface area contributed by atoms with Gasteiger partial charge in [-0.2, -0.15) is 4.37 Å². The summed E-state index contributed by atoms with van der Waals surface area (Å²) in [6.07, 6.45) is 4.51. The lowest BCUT2D eigenvalue weighted by atomic mass is 10.2. The number of carbonyl (C=O) groups excluding carboxylic acids is 1. The fraction of sp³-hybridized carbons (Fsp3) is 0.667. The summed E-state index contributed by atoms with van der Waals surface area (Å²) in [5.74, 6) is -0.234. The van der Waals surface area contributed by atoms with Gasteiger partial charge in [0, 0.05) is 13.1 Å². The summed E-state index contributed by atoms with van der Waals surface area (Å²) in [5, 5.41) is 15.5. The molecule has 24 heavy (non-hydrogen) atoms. The van der Waals surface area contributed by atoms with Crippen molar-refractivity contribution in [2.75, 3.05) is 38.3 Å². The van der Waals surface area contributed by atoms with E-state index in [1.807, 2.05) is 19.0 Å². The number of carboxylic acids is 1. The highest BCUT2D eigenvalue weighted by Gasteiger charge is 2.22. The van der Waals surface area contributed by atoms with Gasteiger partial charge in [-0.15, -0.1) is 11.8 Å². The van der Waals surface area contributed by atoms with Crippen LogP contribution in [0.2, 0.25) is 0 Å². The highest BCUT2D eigenvalue weighted by atomic mass is 32.2. The van der Waals surface area contributed by atoms with Gasteiger partial charge in [0.1, 0.15) is 15.6 Å². The number of hydrogen-bond donors (Lipinski definition) is 3. The van der Waals surface area contributed by atoms with E-state index >= 15 is 0 Å². The van der Waals surface area contributed by atoms with Crippen LogP contribution in [0.1, 0.15) is 43.0 Å². The third-order valence-electron chi connectivity index (χ3n) is 3.18. The average Bonchev–Trinajstić information content (AvgIpc) is 2.89. The minimum absolute atomic E-state index is 0.0863. The van der Waals surface area contributed by atoms with E-state index in [0.29, 0.717) is 18.1 Å². The van der Waals surface area contributed by atoms with Crippen LogP contribution in [0, 0.1) is 0 Å². The first kappa shape index (κ1) is 20.7. The fourth-order valence-electron chi connectivity index (χ4n) is 1.89. The first-order chi connectivity index (χ1) is 11.5. The van der Waals surface area contributed by atoms with Crippen LogP contribution in [0.15, 0.2) is 5.03 Å². The molecule has 0 saturated heterocycles.